The van der Waals surface area contributed by atoms with Crippen molar-refractivity contribution in [3.63, 3.8) is 0 Å². The van der Waals surface area contributed by atoms with Crippen molar-refractivity contribution in [1.29, 1.82) is 0 Å². The summed E-state index contributed by atoms with van der Waals surface area (Å²) in [5.41, 5.74) is 8.95. The maximum absolute atomic E-state index is 13.8. The highest BCUT2D eigenvalue weighted by Crippen LogP contribution is 2.19. The molecule has 0 fully saturated rings. The molecule has 0 bridgehead atoms. The minimum Gasteiger partial charge on any atom is -0.481 e. The maximum Gasteiger partial charge on any atom is 0.326 e. The standard InChI is InChI=1S/C30H33N7O7/c31-21(12-19-15-32-16-34-19)27(40)35-24(11-18-14-33-22-9-5-4-8-20(18)22)29(42)36-23(10-17-6-2-1-3-7-17)28(41)37-25(30(43)44)13-26(38)39/h1-9,14-16,21,23-25,33H,10-13,31H2,(H,32,34)(H,35,40)(H,36,42)(H,37,41)(H,38,39)(H,43,44). The molecule has 4 atom stereocenters. The zero-order valence-corrected chi connectivity index (χ0v) is 23.5. The molecule has 230 valence electrons. The number of imidazole rings is 1. The summed E-state index contributed by atoms with van der Waals surface area (Å²) in [5, 5.41) is 26.9. The predicted molar refractivity (Wildman–Crippen MR) is 158 cm³/mol. The van der Waals surface area contributed by atoms with Crippen LogP contribution in [0.5, 0.6) is 0 Å². The minimum absolute atomic E-state index is 0.0365. The number of para-hydroxylation sites is 1. The van der Waals surface area contributed by atoms with Crippen LogP contribution in [0.15, 0.2) is 73.3 Å². The molecule has 0 radical (unpaired) electrons. The molecular formula is C30H33N7O7. The Bertz CT molecular complexity index is 1600. The van der Waals surface area contributed by atoms with Crippen molar-refractivity contribution < 1.29 is 34.2 Å². The van der Waals surface area contributed by atoms with E-state index >= 15 is 0 Å². The number of amides is 3. The Morgan fingerprint density at radius 1 is 0.773 bits per heavy atom. The van der Waals surface area contributed by atoms with Crippen molar-refractivity contribution in [2.45, 2.75) is 49.9 Å². The number of aromatic amines is 2. The lowest BCUT2D eigenvalue weighted by Gasteiger charge is -2.25. The Balaban J connectivity index is 1.59. The van der Waals surface area contributed by atoms with Crippen LogP contribution in [0, 0.1) is 0 Å². The normalized spacial score (nSPS) is 13.8. The van der Waals surface area contributed by atoms with Crippen molar-refractivity contribution in [2.75, 3.05) is 0 Å². The Morgan fingerprint density at radius 3 is 2.07 bits per heavy atom. The average molecular weight is 604 g/mol. The number of rotatable bonds is 15. The van der Waals surface area contributed by atoms with Gasteiger partial charge in [0.2, 0.25) is 17.7 Å². The minimum atomic E-state index is -1.72. The van der Waals surface area contributed by atoms with Crippen molar-refractivity contribution in [2.24, 2.45) is 5.73 Å². The Kier molecular flexibility index (Phi) is 10.4. The number of carbonyl (C=O) groups excluding carboxylic acids is 3. The molecule has 0 saturated heterocycles. The van der Waals surface area contributed by atoms with Gasteiger partial charge in [-0.1, -0.05) is 48.5 Å². The first-order valence-electron chi connectivity index (χ1n) is 13.8. The van der Waals surface area contributed by atoms with Crippen LogP contribution < -0.4 is 21.7 Å². The van der Waals surface area contributed by atoms with E-state index in [-0.39, 0.29) is 19.3 Å². The number of hydrogen-bond donors (Lipinski definition) is 8. The molecule has 4 aromatic rings. The van der Waals surface area contributed by atoms with Gasteiger partial charge in [-0.3, -0.25) is 19.2 Å². The fourth-order valence-corrected chi connectivity index (χ4v) is 4.71. The average Bonchev–Trinajstić information content (AvgIpc) is 3.66. The zero-order valence-electron chi connectivity index (χ0n) is 23.5. The van der Waals surface area contributed by atoms with E-state index in [1.54, 1.807) is 36.5 Å². The van der Waals surface area contributed by atoms with Crippen molar-refractivity contribution in [3.05, 3.63) is 90.1 Å². The first kappa shape index (κ1) is 31.4. The van der Waals surface area contributed by atoms with Gasteiger partial charge in [-0.05, 0) is 17.2 Å². The number of fused-ring (bicyclic) bond motifs is 1. The molecule has 0 aliphatic heterocycles. The van der Waals surface area contributed by atoms with Gasteiger partial charge >= 0.3 is 11.9 Å². The number of carboxylic acids is 2. The monoisotopic (exact) mass is 603 g/mol. The molecule has 14 heteroatoms. The summed E-state index contributed by atoms with van der Waals surface area (Å²) in [7, 11) is 0. The number of H-pyrrole nitrogens is 2. The summed E-state index contributed by atoms with van der Waals surface area (Å²) in [6.07, 6.45) is 3.98. The van der Waals surface area contributed by atoms with Crippen molar-refractivity contribution >= 4 is 40.6 Å². The number of carbonyl (C=O) groups is 5. The van der Waals surface area contributed by atoms with Crippen LogP contribution in [-0.4, -0.2) is 79.0 Å². The van der Waals surface area contributed by atoms with Crippen LogP contribution in [0.4, 0.5) is 0 Å². The van der Waals surface area contributed by atoms with Crippen molar-refractivity contribution in [3.8, 4) is 0 Å². The quantitative estimate of drug-likeness (QED) is 0.0929. The van der Waals surface area contributed by atoms with E-state index in [0.29, 0.717) is 11.3 Å². The van der Waals surface area contributed by atoms with E-state index in [9.17, 15) is 29.1 Å². The van der Waals surface area contributed by atoms with Crippen LogP contribution >= 0.6 is 0 Å². The number of aromatic nitrogens is 3. The first-order chi connectivity index (χ1) is 21.1. The number of nitrogens with zero attached hydrogens (tertiary/aromatic N) is 1. The third kappa shape index (κ3) is 8.51. The van der Waals surface area contributed by atoms with E-state index < -0.39 is 60.2 Å². The van der Waals surface area contributed by atoms with Gasteiger partial charge in [0.1, 0.15) is 18.1 Å². The molecule has 0 spiro atoms. The number of nitrogens with one attached hydrogen (secondary N) is 5. The molecule has 14 nitrogen and oxygen atoms in total. The summed E-state index contributed by atoms with van der Waals surface area (Å²) < 4.78 is 0. The van der Waals surface area contributed by atoms with Gasteiger partial charge in [0.05, 0.1) is 18.8 Å². The molecule has 0 aliphatic rings. The van der Waals surface area contributed by atoms with E-state index in [2.05, 4.69) is 30.9 Å². The highest BCUT2D eigenvalue weighted by molar-refractivity contribution is 5.95. The smallest absolute Gasteiger partial charge is 0.326 e. The van der Waals surface area contributed by atoms with Gasteiger partial charge in [0.25, 0.3) is 0 Å². The molecule has 4 rings (SSSR count). The topological polar surface area (TPSA) is 232 Å². The molecule has 44 heavy (non-hydrogen) atoms. The molecule has 3 amide bonds. The second-order valence-electron chi connectivity index (χ2n) is 10.3. The molecule has 0 saturated carbocycles. The van der Waals surface area contributed by atoms with Crippen LogP contribution in [0.25, 0.3) is 10.9 Å². The molecule has 2 heterocycles. The third-order valence-corrected chi connectivity index (χ3v) is 6.97. The fraction of sp³-hybridized carbons (Fsp3) is 0.267. The lowest BCUT2D eigenvalue weighted by molar-refractivity contribution is -0.147. The number of hydrogen-bond acceptors (Lipinski definition) is 7. The summed E-state index contributed by atoms with van der Waals surface area (Å²) in [4.78, 5) is 73.0. The van der Waals surface area contributed by atoms with E-state index in [0.717, 1.165) is 16.5 Å². The number of benzene rings is 2. The molecule has 9 N–H and O–H groups in total. The van der Waals surface area contributed by atoms with Gasteiger partial charge in [0.15, 0.2) is 0 Å². The van der Waals surface area contributed by atoms with Crippen LogP contribution in [-0.2, 0) is 43.2 Å². The molecular weight excluding hydrogens is 570 g/mol. The van der Waals surface area contributed by atoms with Gasteiger partial charge in [0, 0.05) is 48.3 Å². The summed E-state index contributed by atoms with van der Waals surface area (Å²) in [5.74, 6) is -5.20. The molecule has 4 unspecified atom stereocenters. The molecule has 2 aromatic heterocycles. The SMILES string of the molecule is NC(Cc1cnc[nH]1)C(=O)NC(Cc1c[nH]c2ccccc12)C(=O)NC(Cc1ccccc1)C(=O)NC(CC(=O)O)C(=O)O. The number of nitrogens with two attached hydrogens (primary N) is 1. The summed E-state index contributed by atoms with van der Waals surface area (Å²) in [6.45, 7) is 0. The third-order valence-electron chi connectivity index (χ3n) is 6.97. The lowest BCUT2D eigenvalue weighted by atomic mass is 10.0. The van der Waals surface area contributed by atoms with Crippen LogP contribution in [0.1, 0.15) is 23.2 Å². The predicted octanol–water partition coefficient (Wildman–Crippen LogP) is 0.260. The molecule has 2 aromatic carbocycles. The second kappa shape index (κ2) is 14.6. The second-order valence-corrected chi connectivity index (χ2v) is 10.3. The van der Waals surface area contributed by atoms with Gasteiger partial charge in [-0.2, -0.15) is 0 Å². The van der Waals surface area contributed by atoms with Gasteiger partial charge in [-0.15, -0.1) is 0 Å². The lowest BCUT2D eigenvalue weighted by Crippen LogP contribution is -2.58. The largest absolute Gasteiger partial charge is 0.481 e. The van der Waals surface area contributed by atoms with Gasteiger partial charge < -0.3 is 41.9 Å². The number of aliphatic carboxylic acids is 2. The molecule has 0 aliphatic carbocycles. The van der Waals surface area contributed by atoms with Gasteiger partial charge in [-0.25, -0.2) is 9.78 Å². The van der Waals surface area contributed by atoms with E-state index in [1.807, 2.05) is 24.3 Å². The Morgan fingerprint density at radius 2 is 1.41 bits per heavy atom. The van der Waals surface area contributed by atoms with Crippen molar-refractivity contribution in [1.82, 2.24) is 30.9 Å². The fourth-order valence-electron chi connectivity index (χ4n) is 4.71. The summed E-state index contributed by atoms with van der Waals surface area (Å²) in [6, 6.07) is 10.9. The highest BCUT2D eigenvalue weighted by atomic mass is 16.4. The van der Waals surface area contributed by atoms with E-state index in [1.165, 1.54) is 12.5 Å². The highest BCUT2D eigenvalue weighted by Gasteiger charge is 2.32. The van der Waals surface area contributed by atoms with E-state index in [4.69, 9.17) is 10.8 Å². The van der Waals surface area contributed by atoms with Crippen LogP contribution in [0.2, 0.25) is 0 Å². The Hall–Kier alpha value is -5.50. The summed E-state index contributed by atoms with van der Waals surface area (Å²) >= 11 is 0. The Labute approximate surface area is 251 Å². The number of carboxylic acid groups (broad SMARTS) is 2. The first-order valence-corrected chi connectivity index (χ1v) is 13.8. The maximum atomic E-state index is 13.8. The zero-order chi connectivity index (χ0) is 31.6. The van der Waals surface area contributed by atoms with Crippen LogP contribution in [0.3, 0.4) is 0 Å².